The van der Waals surface area contributed by atoms with E-state index >= 15 is 0 Å². The molecule has 0 radical (unpaired) electrons. The van der Waals surface area contributed by atoms with Crippen LogP contribution in [0.4, 0.5) is 0 Å². The molecule has 0 spiro atoms. The fourth-order valence-corrected chi connectivity index (χ4v) is 2.41. The number of rotatable bonds is 7. The van der Waals surface area contributed by atoms with Gasteiger partial charge in [0.25, 0.3) is 0 Å². The van der Waals surface area contributed by atoms with E-state index in [2.05, 4.69) is 34.9 Å². The van der Waals surface area contributed by atoms with Crippen molar-refractivity contribution in [2.45, 2.75) is 20.5 Å². The Kier molecular flexibility index (Phi) is 7.22. The monoisotopic (exact) mass is 358 g/mol. The van der Waals surface area contributed by atoms with Crippen LogP contribution in [0.5, 0.6) is 11.5 Å². The van der Waals surface area contributed by atoms with E-state index in [1.54, 1.807) is 13.3 Å². The lowest BCUT2D eigenvalue weighted by atomic mass is 10.1. The van der Waals surface area contributed by atoms with Gasteiger partial charge in [-0.1, -0.05) is 24.3 Å². The highest BCUT2D eigenvalue weighted by molar-refractivity contribution is 7.80. The first kappa shape index (κ1) is 18.7. The van der Waals surface area contributed by atoms with Gasteiger partial charge < -0.3 is 14.8 Å². The predicted octanol–water partition coefficient (Wildman–Crippen LogP) is 1.48. The number of thiocarbonyl (C=S) groups is 1. The summed E-state index contributed by atoms with van der Waals surface area (Å²) in [5, 5.41) is 6.49. The molecule has 0 saturated carbocycles. The molecule has 25 heavy (non-hydrogen) atoms. The normalized spacial score (nSPS) is 10.5. The summed E-state index contributed by atoms with van der Waals surface area (Å²) in [6.45, 7) is 5.33. The van der Waals surface area contributed by atoms with E-state index in [9.17, 15) is 0 Å². The molecule has 2 rings (SSSR count). The highest BCUT2D eigenvalue weighted by Gasteiger charge is 2.07. The van der Waals surface area contributed by atoms with Gasteiger partial charge in [0.1, 0.15) is 6.61 Å². The maximum absolute atomic E-state index is 5.92. The zero-order valence-electron chi connectivity index (χ0n) is 14.8. The van der Waals surface area contributed by atoms with Gasteiger partial charge >= 0.3 is 0 Å². The van der Waals surface area contributed by atoms with Gasteiger partial charge in [-0.15, -0.1) is 10.5 Å². The summed E-state index contributed by atoms with van der Waals surface area (Å²) in [4.78, 5) is 0. The van der Waals surface area contributed by atoms with Crippen LogP contribution in [0.15, 0.2) is 42.5 Å². The van der Waals surface area contributed by atoms with Gasteiger partial charge in [0.05, 0.1) is 7.11 Å². The fourth-order valence-electron chi connectivity index (χ4n) is 2.21. The summed E-state index contributed by atoms with van der Waals surface area (Å²) in [5.41, 5.74) is 6.18. The number of nitrogens with one attached hydrogen (secondary N) is 3. The summed E-state index contributed by atoms with van der Waals surface area (Å²) >= 11 is 5.08. The fraction of sp³-hybridized carbons (Fsp3) is 0.263. The Labute approximate surface area is 154 Å². The van der Waals surface area contributed by atoms with Crippen molar-refractivity contribution < 1.29 is 14.6 Å². The molecule has 0 aliphatic carbocycles. The SMILES string of the molecule is CCNC(=S)N[NH+]=Cc1ccc(OCc2ccccc2C)c(OC)c1. The summed E-state index contributed by atoms with van der Waals surface area (Å²) in [5.74, 6) is 1.39. The van der Waals surface area contributed by atoms with Crippen molar-refractivity contribution >= 4 is 23.5 Å². The second-order valence-corrected chi connectivity index (χ2v) is 5.81. The van der Waals surface area contributed by atoms with E-state index < -0.39 is 0 Å². The lowest BCUT2D eigenvalue weighted by molar-refractivity contribution is -0.500. The average Bonchev–Trinajstić information content (AvgIpc) is 2.62. The van der Waals surface area contributed by atoms with Gasteiger partial charge in [0.2, 0.25) is 5.11 Å². The molecule has 0 heterocycles. The number of hydrazine groups is 1. The third-order valence-corrected chi connectivity index (χ3v) is 3.84. The Morgan fingerprint density at radius 3 is 2.72 bits per heavy atom. The Bertz CT molecular complexity index is 747. The average molecular weight is 358 g/mol. The van der Waals surface area contributed by atoms with Crippen LogP contribution in [0.25, 0.3) is 0 Å². The van der Waals surface area contributed by atoms with Crippen LogP contribution in [-0.2, 0) is 6.61 Å². The maximum atomic E-state index is 5.92. The van der Waals surface area contributed by atoms with Crippen molar-refractivity contribution in [3.8, 4) is 11.5 Å². The summed E-state index contributed by atoms with van der Waals surface area (Å²) in [6, 6.07) is 13.9. The second kappa shape index (κ2) is 9.64. The zero-order valence-corrected chi connectivity index (χ0v) is 15.6. The quantitative estimate of drug-likeness (QED) is 0.398. The lowest BCUT2D eigenvalue weighted by Gasteiger charge is -2.12. The molecule has 0 saturated heterocycles. The van der Waals surface area contributed by atoms with Crippen LogP contribution in [-0.4, -0.2) is 25.0 Å². The minimum atomic E-state index is 0.503. The van der Waals surface area contributed by atoms with E-state index in [1.807, 2.05) is 37.3 Å². The van der Waals surface area contributed by atoms with E-state index in [-0.39, 0.29) is 0 Å². The van der Waals surface area contributed by atoms with Crippen molar-refractivity contribution in [3.05, 3.63) is 59.2 Å². The van der Waals surface area contributed by atoms with Gasteiger partial charge in [-0.3, -0.25) is 0 Å². The molecule has 132 valence electrons. The highest BCUT2D eigenvalue weighted by Crippen LogP contribution is 2.28. The first-order valence-electron chi connectivity index (χ1n) is 8.12. The van der Waals surface area contributed by atoms with Crippen LogP contribution in [0.3, 0.4) is 0 Å². The Morgan fingerprint density at radius 2 is 2.00 bits per heavy atom. The number of methoxy groups -OCH3 is 1. The van der Waals surface area contributed by atoms with Gasteiger partial charge in [0.15, 0.2) is 17.7 Å². The van der Waals surface area contributed by atoms with E-state index in [1.165, 1.54) is 5.56 Å². The Balaban J connectivity index is 2.02. The highest BCUT2D eigenvalue weighted by atomic mass is 32.1. The first-order chi connectivity index (χ1) is 12.1. The van der Waals surface area contributed by atoms with Crippen LogP contribution in [0.2, 0.25) is 0 Å². The van der Waals surface area contributed by atoms with Crippen molar-refractivity contribution in [3.63, 3.8) is 0 Å². The summed E-state index contributed by atoms with van der Waals surface area (Å²) in [6.07, 6.45) is 1.80. The van der Waals surface area contributed by atoms with Crippen LogP contribution >= 0.6 is 12.2 Å². The molecule has 0 aliphatic heterocycles. The number of hydrogen-bond acceptors (Lipinski definition) is 3. The minimum absolute atomic E-state index is 0.503. The van der Waals surface area contributed by atoms with Crippen LogP contribution < -0.4 is 25.3 Å². The second-order valence-electron chi connectivity index (χ2n) is 5.40. The number of ether oxygens (including phenoxy) is 2. The molecule has 0 unspecified atom stereocenters. The van der Waals surface area contributed by atoms with Crippen LogP contribution in [0.1, 0.15) is 23.6 Å². The third-order valence-electron chi connectivity index (χ3n) is 3.59. The van der Waals surface area contributed by atoms with E-state index in [0.29, 0.717) is 23.2 Å². The molecule has 0 amide bonds. The number of hydrogen-bond donors (Lipinski definition) is 3. The van der Waals surface area contributed by atoms with Crippen molar-refractivity contribution in [2.75, 3.05) is 13.7 Å². The molecule has 5 nitrogen and oxygen atoms in total. The lowest BCUT2D eigenvalue weighted by Crippen LogP contribution is -2.82. The standard InChI is InChI=1S/C19H23N3O2S/c1-4-20-19(25)22-21-12-15-9-10-17(18(11-15)23-3)24-13-16-8-6-5-7-14(16)2/h5-12H,4,13H2,1-3H3,(H2,20,22,25)/p+1. The van der Waals surface area contributed by atoms with Crippen molar-refractivity contribution in [1.29, 1.82) is 0 Å². The van der Waals surface area contributed by atoms with Crippen LogP contribution in [0, 0.1) is 6.92 Å². The maximum Gasteiger partial charge on any atom is 0.223 e. The van der Waals surface area contributed by atoms with Gasteiger partial charge in [-0.2, -0.15) is 0 Å². The molecular weight excluding hydrogens is 334 g/mol. The topological polar surface area (TPSA) is 56.5 Å². The van der Waals surface area contributed by atoms with Gasteiger partial charge in [-0.05, 0) is 55.4 Å². The smallest absolute Gasteiger partial charge is 0.223 e. The molecule has 3 N–H and O–H groups in total. The van der Waals surface area contributed by atoms with E-state index in [4.69, 9.17) is 21.7 Å². The molecule has 0 aromatic heterocycles. The number of benzene rings is 2. The van der Waals surface area contributed by atoms with Crippen molar-refractivity contribution in [2.24, 2.45) is 0 Å². The molecule has 6 heteroatoms. The first-order valence-corrected chi connectivity index (χ1v) is 8.52. The van der Waals surface area contributed by atoms with Gasteiger partial charge in [-0.25, -0.2) is 0 Å². The van der Waals surface area contributed by atoms with Gasteiger partial charge in [0, 0.05) is 12.1 Å². The summed E-state index contributed by atoms with van der Waals surface area (Å²) in [7, 11) is 1.63. The zero-order chi connectivity index (χ0) is 18.1. The molecule has 0 fully saturated rings. The molecule has 0 atom stereocenters. The van der Waals surface area contributed by atoms with Crippen molar-refractivity contribution in [1.82, 2.24) is 10.7 Å². The largest absolute Gasteiger partial charge is 0.493 e. The third kappa shape index (κ3) is 5.76. The molecule has 0 aliphatic rings. The minimum Gasteiger partial charge on any atom is -0.493 e. The number of hydrazone groups is 1. The van der Waals surface area contributed by atoms with E-state index in [0.717, 1.165) is 17.7 Å². The Hall–Kier alpha value is -2.60. The summed E-state index contributed by atoms with van der Waals surface area (Å²) < 4.78 is 11.4. The predicted molar refractivity (Wildman–Crippen MR) is 104 cm³/mol. The Morgan fingerprint density at radius 1 is 1.20 bits per heavy atom. The molecular formula is C19H24N3O2S+. The molecule has 0 bridgehead atoms. The number of aryl methyl sites for hydroxylation is 1. The molecule has 2 aromatic carbocycles. The molecule has 2 aromatic rings.